The molecule has 1 N–H and O–H groups in total. The van der Waals surface area contributed by atoms with Crippen LogP contribution in [0.15, 0.2) is 34.9 Å². The van der Waals surface area contributed by atoms with Gasteiger partial charge in [-0.2, -0.15) is 0 Å². The number of aromatic nitrogens is 1. The summed E-state index contributed by atoms with van der Waals surface area (Å²) in [7, 11) is 0. The average Bonchev–Trinajstić information content (AvgIpc) is 2.96. The molecule has 1 atom stereocenters. The maximum atomic E-state index is 9.15. The van der Waals surface area contributed by atoms with E-state index in [2.05, 4.69) is 9.88 Å². The Bertz CT molecular complexity index is 585. The van der Waals surface area contributed by atoms with Gasteiger partial charge in [0.05, 0.1) is 32.1 Å². The van der Waals surface area contributed by atoms with Crippen LogP contribution in [0.1, 0.15) is 5.89 Å². The highest BCUT2D eigenvalue weighted by molar-refractivity contribution is 6.30. The Morgan fingerprint density at radius 2 is 2.14 bits per heavy atom. The highest BCUT2D eigenvalue weighted by Gasteiger charge is 2.21. The first-order chi connectivity index (χ1) is 10.2. The molecule has 0 spiro atoms. The van der Waals surface area contributed by atoms with Gasteiger partial charge in [0.15, 0.2) is 5.76 Å². The van der Waals surface area contributed by atoms with Gasteiger partial charge < -0.3 is 14.3 Å². The zero-order valence-corrected chi connectivity index (χ0v) is 12.3. The Hall–Kier alpha value is -1.40. The number of hydrogen-bond acceptors (Lipinski definition) is 5. The lowest BCUT2D eigenvalue weighted by Gasteiger charge is -2.30. The maximum absolute atomic E-state index is 9.15. The SMILES string of the molecule is OCC1CN(Cc2ncc(-c3ccc(Cl)cc3)o2)CCO1. The van der Waals surface area contributed by atoms with Crippen molar-refractivity contribution in [2.45, 2.75) is 12.6 Å². The molecular weight excluding hydrogens is 292 g/mol. The highest BCUT2D eigenvalue weighted by atomic mass is 35.5. The van der Waals surface area contributed by atoms with Crippen LogP contribution in [0.2, 0.25) is 5.02 Å². The quantitative estimate of drug-likeness (QED) is 0.938. The van der Waals surface area contributed by atoms with Gasteiger partial charge in [-0.1, -0.05) is 11.6 Å². The predicted molar refractivity (Wildman–Crippen MR) is 79.1 cm³/mol. The van der Waals surface area contributed by atoms with Crippen LogP contribution < -0.4 is 0 Å². The highest BCUT2D eigenvalue weighted by Crippen LogP contribution is 2.23. The number of aliphatic hydroxyl groups excluding tert-OH is 1. The topological polar surface area (TPSA) is 58.7 Å². The van der Waals surface area contributed by atoms with E-state index in [1.165, 1.54) is 0 Å². The lowest BCUT2D eigenvalue weighted by molar-refractivity contribution is -0.0567. The summed E-state index contributed by atoms with van der Waals surface area (Å²) in [5.41, 5.74) is 0.952. The summed E-state index contributed by atoms with van der Waals surface area (Å²) in [6.45, 7) is 2.78. The standard InChI is InChI=1S/C15H17ClN2O3/c16-12-3-1-11(2-4-12)14-7-17-15(21-14)9-18-5-6-20-13(8-18)10-19/h1-4,7,13,19H,5-6,8-10H2. The van der Waals surface area contributed by atoms with Gasteiger partial charge in [-0.15, -0.1) is 0 Å². The molecule has 1 fully saturated rings. The van der Waals surface area contributed by atoms with Crippen molar-refractivity contribution < 1.29 is 14.3 Å². The van der Waals surface area contributed by atoms with Crippen molar-refractivity contribution >= 4 is 11.6 Å². The molecule has 0 bridgehead atoms. The number of nitrogens with zero attached hydrogens (tertiary/aromatic N) is 2. The van der Waals surface area contributed by atoms with Crippen molar-refractivity contribution in [2.24, 2.45) is 0 Å². The van der Waals surface area contributed by atoms with E-state index in [0.29, 0.717) is 30.6 Å². The number of rotatable bonds is 4. The van der Waals surface area contributed by atoms with Crippen molar-refractivity contribution in [3.8, 4) is 11.3 Å². The molecule has 1 aromatic carbocycles. The molecular formula is C15H17ClN2O3. The molecule has 1 aromatic heterocycles. The number of oxazole rings is 1. The van der Waals surface area contributed by atoms with Gasteiger partial charge in [-0.05, 0) is 24.3 Å². The van der Waals surface area contributed by atoms with Crippen LogP contribution in [0.4, 0.5) is 0 Å². The van der Waals surface area contributed by atoms with Crippen LogP contribution in [0, 0.1) is 0 Å². The minimum absolute atomic E-state index is 0.0398. The van der Waals surface area contributed by atoms with Gasteiger partial charge in [0.25, 0.3) is 0 Å². The lowest BCUT2D eigenvalue weighted by atomic mass is 10.2. The third-order valence-corrected chi connectivity index (χ3v) is 3.72. The number of hydrogen-bond donors (Lipinski definition) is 1. The Morgan fingerprint density at radius 1 is 1.33 bits per heavy atom. The minimum atomic E-state index is -0.121. The summed E-state index contributed by atoms with van der Waals surface area (Å²) in [4.78, 5) is 6.48. The molecule has 6 heteroatoms. The van der Waals surface area contributed by atoms with E-state index in [1.807, 2.05) is 24.3 Å². The zero-order chi connectivity index (χ0) is 14.7. The molecule has 0 amide bonds. The van der Waals surface area contributed by atoms with Crippen molar-refractivity contribution in [1.82, 2.24) is 9.88 Å². The fourth-order valence-corrected chi connectivity index (χ4v) is 2.48. The molecule has 0 radical (unpaired) electrons. The fraction of sp³-hybridized carbons (Fsp3) is 0.400. The molecule has 1 saturated heterocycles. The van der Waals surface area contributed by atoms with E-state index >= 15 is 0 Å². The summed E-state index contributed by atoms with van der Waals surface area (Å²) < 4.78 is 11.2. The molecule has 1 aliphatic heterocycles. The summed E-state index contributed by atoms with van der Waals surface area (Å²) in [5.74, 6) is 1.40. The summed E-state index contributed by atoms with van der Waals surface area (Å²) >= 11 is 5.88. The normalized spacial score (nSPS) is 19.8. The Labute approximate surface area is 128 Å². The fourth-order valence-electron chi connectivity index (χ4n) is 2.36. The van der Waals surface area contributed by atoms with Crippen LogP contribution in [0.3, 0.4) is 0 Å². The molecule has 1 aliphatic rings. The second-order valence-electron chi connectivity index (χ2n) is 5.04. The second-order valence-corrected chi connectivity index (χ2v) is 5.47. The molecule has 2 aromatic rings. The molecule has 1 unspecified atom stereocenters. The van der Waals surface area contributed by atoms with Crippen LogP contribution in [-0.2, 0) is 11.3 Å². The van der Waals surface area contributed by atoms with E-state index in [4.69, 9.17) is 25.9 Å². The Kier molecular flexibility index (Phi) is 4.55. The second kappa shape index (κ2) is 6.58. The van der Waals surface area contributed by atoms with Gasteiger partial charge in [0.2, 0.25) is 5.89 Å². The third-order valence-electron chi connectivity index (χ3n) is 3.47. The van der Waals surface area contributed by atoms with Crippen LogP contribution >= 0.6 is 11.6 Å². The first-order valence-corrected chi connectivity index (χ1v) is 7.28. The van der Waals surface area contributed by atoms with E-state index in [-0.39, 0.29) is 12.7 Å². The number of aliphatic hydroxyl groups is 1. The van der Waals surface area contributed by atoms with Crippen LogP contribution in [0.5, 0.6) is 0 Å². The van der Waals surface area contributed by atoms with Crippen LogP contribution in [-0.4, -0.2) is 47.4 Å². The summed E-state index contributed by atoms with van der Waals surface area (Å²) in [6.07, 6.45) is 1.60. The largest absolute Gasteiger partial charge is 0.439 e. The van der Waals surface area contributed by atoms with E-state index in [0.717, 1.165) is 17.9 Å². The monoisotopic (exact) mass is 308 g/mol. The first kappa shape index (κ1) is 14.5. The zero-order valence-electron chi connectivity index (χ0n) is 11.5. The van der Waals surface area contributed by atoms with Gasteiger partial charge >= 0.3 is 0 Å². The minimum Gasteiger partial charge on any atom is -0.439 e. The number of ether oxygens (including phenoxy) is 1. The van der Waals surface area contributed by atoms with E-state index < -0.39 is 0 Å². The number of benzene rings is 1. The van der Waals surface area contributed by atoms with Crippen molar-refractivity contribution in [3.05, 3.63) is 41.4 Å². The molecule has 0 saturated carbocycles. The Morgan fingerprint density at radius 3 is 2.90 bits per heavy atom. The van der Waals surface area contributed by atoms with Crippen molar-refractivity contribution in [2.75, 3.05) is 26.3 Å². The third kappa shape index (κ3) is 3.63. The van der Waals surface area contributed by atoms with Gasteiger partial charge in [0, 0.05) is 23.7 Å². The number of halogens is 1. The van der Waals surface area contributed by atoms with Gasteiger partial charge in [-0.3, -0.25) is 4.90 Å². The average molecular weight is 309 g/mol. The van der Waals surface area contributed by atoms with E-state index in [1.54, 1.807) is 6.20 Å². The van der Waals surface area contributed by atoms with Gasteiger partial charge in [0.1, 0.15) is 0 Å². The lowest BCUT2D eigenvalue weighted by Crippen LogP contribution is -2.43. The predicted octanol–water partition coefficient (Wildman–Crippen LogP) is 2.19. The Balaban J connectivity index is 1.66. The summed E-state index contributed by atoms with van der Waals surface area (Å²) in [5, 5.41) is 9.84. The molecule has 5 nitrogen and oxygen atoms in total. The first-order valence-electron chi connectivity index (χ1n) is 6.90. The molecule has 2 heterocycles. The van der Waals surface area contributed by atoms with Gasteiger partial charge in [-0.25, -0.2) is 4.98 Å². The van der Waals surface area contributed by atoms with E-state index in [9.17, 15) is 0 Å². The molecule has 3 rings (SSSR count). The molecule has 21 heavy (non-hydrogen) atoms. The van der Waals surface area contributed by atoms with Crippen molar-refractivity contribution in [1.29, 1.82) is 0 Å². The summed E-state index contributed by atoms with van der Waals surface area (Å²) in [6, 6.07) is 7.46. The molecule has 0 aliphatic carbocycles. The number of morpholine rings is 1. The smallest absolute Gasteiger partial charge is 0.209 e. The van der Waals surface area contributed by atoms with Crippen LogP contribution in [0.25, 0.3) is 11.3 Å². The molecule has 112 valence electrons. The van der Waals surface area contributed by atoms with Crippen molar-refractivity contribution in [3.63, 3.8) is 0 Å². The maximum Gasteiger partial charge on any atom is 0.209 e.